The van der Waals surface area contributed by atoms with E-state index in [1.54, 1.807) is 17.2 Å². The van der Waals surface area contributed by atoms with Crippen LogP contribution in [0.2, 0.25) is 0 Å². The second kappa shape index (κ2) is 6.91. The van der Waals surface area contributed by atoms with Crippen LogP contribution in [0.5, 0.6) is 0 Å². The third kappa shape index (κ3) is 3.35. The van der Waals surface area contributed by atoms with Crippen molar-refractivity contribution in [2.45, 2.75) is 33.2 Å². The summed E-state index contributed by atoms with van der Waals surface area (Å²) in [6, 6.07) is 9.63. The number of para-hydroxylation sites is 1. The molecule has 1 fully saturated rings. The zero-order chi connectivity index (χ0) is 17.1. The summed E-state index contributed by atoms with van der Waals surface area (Å²) >= 11 is 0. The van der Waals surface area contributed by atoms with Gasteiger partial charge in [-0.3, -0.25) is 9.59 Å². The Morgan fingerprint density at radius 2 is 2.17 bits per heavy atom. The SMILES string of the molecule is CCc1cccc(C)c1NC(=O)C1CC(=O)N(Cc2ccco2)C1. The smallest absolute Gasteiger partial charge is 0.229 e. The highest BCUT2D eigenvalue weighted by atomic mass is 16.3. The molecule has 3 rings (SSSR count). The number of aryl methyl sites for hydroxylation is 2. The van der Waals surface area contributed by atoms with Gasteiger partial charge in [-0.05, 0) is 36.6 Å². The number of benzene rings is 1. The lowest BCUT2D eigenvalue weighted by atomic mass is 10.0. The molecular formula is C19H22N2O3. The lowest BCUT2D eigenvalue weighted by Gasteiger charge is -2.17. The van der Waals surface area contributed by atoms with Gasteiger partial charge < -0.3 is 14.6 Å². The summed E-state index contributed by atoms with van der Waals surface area (Å²) < 4.78 is 5.29. The topological polar surface area (TPSA) is 62.6 Å². The second-order valence-electron chi connectivity index (χ2n) is 6.21. The van der Waals surface area contributed by atoms with Crippen molar-refractivity contribution in [1.29, 1.82) is 0 Å². The number of carbonyl (C=O) groups is 2. The monoisotopic (exact) mass is 326 g/mol. The van der Waals surface area contributed by atoms with E-state index in [0.29, 0.717) is 13.1 Å². The molecule has 0 radical (unpaired) electrons. The van der Waals surface area contributed by atoms with E-state index in [0.717, 1.165) is 29.0 Å². The van der Waals surface area contributed by atoms with Gasteiger partial charge in [-0.15, -0.1) is 0 Å². The second-order valence-corrected chi connectivity index (χ2v) is 6.21. The minimum Gasteiger partial charge on any atom is -0.467 e. The van der Waals surface area contributed by atoms with Crippen molar-refractivity contribution in [2.24, 2.45) is 5.92 Å². The minimum absolute atomic E-state index is 0.00736. The van der Waals surface area contributed by atoms with Crippen LogP contribution in [-0.4, -0.2) is 23.3 Å². The van der Waals surface area contributed by atoms with E-state index in [4.69, 9.17) is 4.42 Å². The summed E-state index contributed by atoms with van der Waals surface area (Å²) in [5.41, 5.74) is 3.03. The van der Waals surface area contributed by atoms with Crippen LogP contribution in [0.4, 0.5) is 5.69 Å². The molecule has 1 unspecified atom stereocenters. The average Bonchev–Trinajstić information content (AvgIpc) is 3.20. The number of hydrogen-bond acceptors (Lipinski definition) is 3. The number of amides is 2. The highest BCUT2D eigenvalue weighted by Gasteiger charge is 2.34. The fraction of sp³-hybridized carbons (Fsp3) is 0.368. The molecule has 2 heterocycles. The summed E-state index contributed by atoms with van der Waals surface area (Å²) in [5.74, 6) is 0.315. The van der Waals surface area contributed by atoms with Gasteiger partial charge in [-0.25, -0.2) is 0 Å². The quantitative estimate of drug-likeness (QED) is 0.918. The average molecular weight is 326 g/mol. The number of anilines is 1. The van der Waals surface area contributed by atoms with Gasteiger partial charge in [0.25, 0.3) is 0 Å². The van der Waals surface area contributed by atoms with E-state index < -0.39 is 0 Å². The molecule has 1 aromatic heterocycles. The Kier molecular flexibility index (Phi) is 4.69. The molecule has 1 aliphatic rings. The number of nitrogens with zero attached hydrogens (tertiary/aromatic N) is 1. The van der Waals surface area contributed by atoms with Crippen molar-refractivity contribution in [3.63, 3.8) is 0 Å². The van der Waals surface area contributed by atoms with E-state index in [1.165, 1.54) is 0 Å². The third-order valence-electron chi connectivity index (χ3n) is 4.50. The van der Waals surface area contributed by atoms with Gasteiger partial charge in [-0.2, -0.15) is 0 Å². The molecule has 1 aliphatic heterocycles. The largest absolute Gasteiger partial charge is 0.467 e. The predicted molar refractivity (Wildman–Crippen MR) is 91.4 cm³/mol. The van der Waals surface area contributed by atoms with Crippen molar-refractivity contribution in [3.8, 4) is 0 Å². The predicted octanol–water partition coefficient (Wildman–Crippen LogP) is 3.14. The molecule has 5 nitrogen and oxygen atoms in total. The molecule has 0 saturated carbocycles. The first-order valence-electron chi connectivity index (χ1n) is 8.28. The summed E-state index contributed by atoms with van der Waals surface area (Å²) in [6.45, 7) is 4.89. The van der Waals surface area contributed by atoms with Gasteiger partial charge >= 0.3 is 0 Å². The summed E-state index contributed by atoms with van der Waals surface area (Å²) in [7, 11) is 0. The van der Waals surface area contributed by atoms with Crippen molar-refractivity contribution in [2.75, 3.05) is 11.9 Å². The fourth-order valence-corrected chi connectivity index (χ4v) is 3.12. The van der Waals surface area contributed by atoms with Crippen LogP contribution in [0.1, 0.15) is 30.2 Å². The molecule has 1 aromatic carbocycles. The van der Waals surface area contributed by atoms with Gasteiger partial charge in [-0.1, -0.05) is 25.1 Å². The lowest BCUT2D eigenvalue weighted by Crippen LogP contribution is -2.28. The molecule has 2 aromatic rings. The molecule has 126 valence electrons. The molecule has 1 saturated heterocycles. The molecule has 5 heteroatoms. The maximum absolute atomic E-state index is 12.6. The van der Waals surface area contributed by atoms with E-state index in [-0.39, 0.29) is 24.2 Å². The number of likely N-dealkylation sites (tertiary alicyclic amines) is 1. The highest BCUT2D eigenvalue weighted by molar-refractivity contribution is 5.98. The zero-order valence-corrected chi connectivity index (χ0v) is 14.0. The first-order chi connectivity index (χ1) is 11.6. The van der Waals surface area contributed by atoms with Crippen molar-refractivity contribution in [3.05, 3.63) is 53.5 Å². The van der Waals surface area contributed by atoms with Crippen LogP contribution in [0.25, 0.3) is 0 Å². The van der Waals surface area contributed by atoms with Crippen LogP contribution in [0, 0.1) is 12.8 Å². The number of hydrogen-bond donors (Lipinski definition) is 1. The molecule has 0 bridgehead atoms. The van der Waals surface area contributed by atoms with Gasteiger partial charge in [0.15, 0.2) is 0 Å². The van der Waals surface area contributed by atoms with Crippen LogP contribution < -0.4 is 5.32 Å². The number of furan rings is 1. The van der Waals surface area contributed by atoms with Crippen LogP contribution in [0.15, 0.2) is 41.0 Å². The molecule has 1 N–H and O–H groups in total. The Hall–Kier alpha value is -2.56. The number of rotatable bonds is 5. The number of carbonyl (C=O) groups excluding carboxylic acids is 2. The van der Waals surface area contributed by atoms with Gasteiger partial charge in [0.1, 0.15) is 5.76 Å². The van der Waals surface area contributed by atoms with Gasteiger partial charge in [0.2, 0.25) is 11.8 Å². The minimum atomic E-state index is -0.322. The van der Waals surface area contributed by atoms with Gasteiger partial charge in [0.05, 0.1) is 18.7 Å². The molecule has 2 amide bonds. The van der Waals surface area contributed by atoms with Crippen LogP contribution >= 0.6 is 0 Å². The first-order valence-corrected chi connectivity index (χ1v) is 8.28. The normalized spacial score (nSPS) is 17.3. The Balaban J connectivity index is 1.67. The summed E-state index contributed by atoms with van der Waals surface area (Å²) in [5, 5.41) is 3.03. The van der Waals surface area contributed by atoms with Crippen LogP contribution in [-0.2, 0) is 22.6 Å². The van der Waals surface area contributed by atoms with E-state index in [1.807, 2.05) is 31.2 Å². The van der Waals surface area contributed by atoms with E-state index in [2.05, 4.69) is 12.2 Å². The lowest BCUT2D eigenvalue weighted by molar-refractivity contribution is -0.128. The molecule has 24 heavy (non-hydrogen) atoms. The maximum atomic E-state index is 12.6. The molecule has 0 spiro atoms. The summed E-state index contributed by atoms with van der Waals surface area (Å²) in [6.07, 6.45) is 2.69. The van der Waals surface area contributed by atoms with E-state index in [9.17, 15) is 9.59 Å². The van der Waals surface area contributed by atoms with Gasteiger partial charge in [0, 0.05) is 18.7 Å². The van der Waals surface area contributed by atoms with Crippen LogP contribution in [0.3, 0.4) is 0 Å². The molecule has 1 atom stereocenters. The highest BCUT2D eigenvalue weighted by Crippen LogP contribution is 2.25. The van der Waals surface area contributed by atoms with Crippen molar-refractivity contribution in [1.82, 2.24) is 4.90 Å². The standard InChI is InChI=1S/C19H22N2O3/c1-3-14-7-4-6-13(2)18(14)20-19(23)15-10-17(22)21(11-15)12-16-8-5-9-24-16/h4-9,15H,3,10-12H2,1-2H3,(H,20,23). The fourth-order valence-electron chi connectivity index (χ4n) is 3.12. The Morgan fingerprint density at radius 1 is 1.33 bits per heavy atom. The third-order valence-corrected chi connectivity index (χ3v) is 4.50. The Labute approximate surface area is 141 Å². The number of nitrogens with one attached hydrogen (secondary N) is 1. The molecular weight excluding hydrogens is 304 g/mol. The summed E-state index contributed by atoms with van der Waals surface area (Å²) in [4.78, 5) is 26.5. The first kappa shape index (κ1) is 16.3. The maximum Gasteiger partial charge on any atom is 0.229 e. The zero-order valence-electron chi connectivity index (χ0n) is 14.0. The van der Waals surface area contributed by atoms with E-state index >= 15 is 0 Å². The Morgan fingerprint density at radius 3 is 2.88 bits per heavy atom. The van der Waals surface area contributed by atoms with Crippen molar-refractivity contribution >= 4 is 17.5 Å². The molecule has 0 aliphatic carbocycles. The van der Waals surface area contributed by atoms with Crippen molar-refractivity contribution < 1.29 is 14.0 Å². The Bertz CT molecular complexity index is 737.